The quantitative estimate of drug-likeness (QED) is 0.833. The van der Waals surface area contributed by atoms with Crippen LogP contribution in [0.5, 0.6) is 0 Å². The second-order valence-corrected chi connectivity index (χ2v) is 7.29. The van der Waals surface area contributed by atoms with Crippen LogP contribution in [0, 0.1) is 5.41 Å². The van der Waals surface area contributed by atoms with Crippen LogP contribution in [0.3, 0.4) is 0 Å². The largest absolute Gasteiger partial charge is 0.378 e. The lowest BCUT2D eigenvalue weighted by Crippen LogP contribution is -2.63. The summed E-state index contributed by atoms with van der Waals surface area (Å²) in [4.78, 5) is 23.5. The van der Waals surface area contributed by atoms with Crippen LogP contribution in [-0.2, 0) is 20.7 Å². The van der Waals surface area contributed by atoms with Crippen LogP contribution in [0.25, 0.3) is 0 Å². The van der Waals surface area contributed by atoms with Crippen molar-refractivity contribution >= 4 is 17.5 Å². The number of hydrogen-bond acceptors (Lipinski definition) is 3. The Balaban J connectivity index is 1.55. The van der Waals surface area contributed by atoms with E-state index < -0.39 is 0 Å². The number of rotatable bonds is 6. The second kappa shape index (κ2) is 7.56. The molecule has 5 nitrogen and oxygen atoms in total. The van der Waals surface area contributed by atoms with Gasteiger partial charge in [0.25, 0.3) is 0 Å². The molecule has 0 saturated heterocycles. The Morgan fingerprint density at radius 3 is 2.48 bits per heavy atom. The third-order valence-electron chi connectivity index (χ3n) is 5.66. The molecule has 0 radical (unpaired) electrons. The van der Waals surface area contributed by atoms with E-state index in [2.05, 4.69) is 10.6 Å². The molecule has 3 rings (SSSR count). The van der Waals surface area contributed by atoms with Gasteiger partial charge in [0.05, 0.1) is 12.5 Å². The number of nitrogens with one attached hydrogen (secondary N) is 2. The summed E-state index contributed by atoms with van der Waals surface area (Å²) in [6, 6.07) is 7.69. The average molecular weight is 344 g/mol. The van der Waals surface area contributed by atoms with Gasteiger partial charge in [-0.15, -0.1) is 0 Å². The van der Waals surface area contributed by atoms with Crippen molar-refractivity contribution in [2.45, 2.75) is 64.5 Å². The number of benzene rings is 1. The number of carbonyl (C=O) groups is 2. The van der Waals surface area contributed by atoms with Gasteiger partial charge in [0.1, 0.15) is 0 Å². The molecule has 5 heteroatoms. The van der Waals surface area contributed by atoms with E-state index in [-0.39, 0.29) is 23.3 Å². The Kier molecular flexibility index (Phi) is 5.42. The van der Waals surface area contributed by atoms with Gasteiger partial charge >= 0.3 is 0 Å². The number of ether oxygens (including phenoxy) is 1. The van der Waals surface area contributed by atoms with Crippen LogP contribution in [0.2, 0.25) is 0 Å². The smallest absolute Gasteiger partial charge is 0.224 e. The monoisotopic (exact) mass is 344 g/mol. The molecule has 2 fully saturated rings. The van der Waals surface area contributed by atoms with Crippen molar-refractivity contribution in [3.8, 4) is 0 Å². The Hall–Kier alpha value is -1.88. The van der Waals surface area contributed by atoms with Crippen LogP contribution >= 0.6 is 0 Å². The van der Waals surface area contributed by atoms with Gasteiger partial charge in [-0.25, -0.2) is 0 Å². The van der Waals surface area contributed by atoms with Crippen LogP contribution in [0.4, 0.5) is 5.69 Å². The third-order valence-corrected chi connectivity index (χ3v) is 5.66. The lowest BCUT2D eigenvalue weighted by Gasteiger charge is -2.54. The highest BCUT2D eigenvalue weighted by atomic mass is 16.5. The summed E-state index contributed by atoms with van der Waals surface area (Å²) in [6.45, 7) is 4.27. The molecule has 2 unspecified atom stereocenters. The van der Waals surface area contributed by atoms with Crippen molar-refractivity contribution < 1.29 is 14.3 Å². The van der Waals surface area contributed by atoms with E-state index in [1.165, 1.54) is 19.8 Å². The minimum Gasteiger partial charge on any atom is -0.378 e. The topological polar surface area (TPSA) is 67.4 Å². The maximum absolute atomic E-state index is 12.5. The third kappa shape index (κ3) is 3.87. The van der Waals surface area contributed by atoms with E-state index in [0.29, 0.717) is 12.5 Å². The Morgan fingerprint density at radius 2 is 1.88 bits per heavy atom. The summed E-state index contributed by atoms with van der Waals surface area (Å²) in [6.07, 6.45) is 6.40. The van der Waals surface area contributed by atoms with E-state index in [4.69, 9.17) is 4.74 Å². The van der Waals surface area contributed by atoms with Crippen LogP contribution in [0.1, 0.15) is 51.5 Å². The molecule has 0 aromatic heterocycles. The first-order valence-corrected chi connectivity index (χ1v) is 9.31. The lowest BCUT2D eigenvalue weighted by atomic mass is 9.60. The molecule has 2 saturated carbocycles. The molecule has 0 bridgehead atoms. The van der Waals surface area contributed by atoms with E-state index in [1.807, 2.05) is 31.2 Å². The minimum absolute atomic E-state index is 0.0681. The first-order chi connectivity index (χ1) is 12.0. The van der Waals surface area contributed by atoms with Gasteiger partial charge in [-0.1, -0.05) is 25.0 Å². The fourth-order valence-electron chi connectivity index (χ4n) is 4.43. The predicted octanol–water partition coefficient (Wildman–Crippen LogP) is 3.04. The fourth-order valence-corrected chi connectivity index (χ4v) is 4.43. The van der Waals surface area contributed by atoms with E-state index >= 15 is 0 Å². The van der Waals surface area contributed by atoms with Gasteiger partial charge in [-0.05, 0) is 43.9 Å². The molecule has 2 amide bonds. The molecule has 2 aliphatic carbocycles. The van der Waals surface area contributed by atoms with Crippen molar-refractivity contribution in [2.75, 3.05) is 11.9 Å². The molecule has 0 heterocycles. The number of amides is 2. The summed E-state index contributed by atoms with van der Waals surface area (Å²) in [5, 5.41) is 5.98. The van der Waals surface area contributed by atoms with Crippen molar-refractivity contribution in [1.82, 2.24) is 5.32 Å². The molecule has 25 heavy (non-hydrogen) atoms. The van der Waals surface area contributed by atoms with E-state index in [0.717, 1.165) is 37.1 Å². The molecule has 136 valence electrons. The molecule has 2 N–H and O–H groups in total. The Morgan fingerprint density at radius 1 is 1.20 bits per heavy atom. The molecular weight excluding hydrogens is 316 g/mol. The van der Waals surface area contributed by atoms with Crippen molar-refractivity contribution in [3.63, 3.8) is 0 Å². The first-order valence-electron chi connectivity index (χ1n) is 9.31. The molecule has 1 spiro atoms. The normalized spacial score (nSPS) is 23.9. The minimum atomic E-state index is -0.0961. The SMILES string of the molecule is CCOC1CC(NC(=O)Cc2ccc(NC(C)=O)cc2)C12CCCC2. The van der Waals surface area contributed by atoms with Gasteiger partial charge in [0, 0.05) is 30.7 Å². The number of anilines is 1. The second-order valence-electron chi connectivity index (χ2n) is 7.29. The van der Waals surface area contributed by atoms with Crippen LogP contribution in [-0.4, -0.2) is 30.6 Å². The van der Waals surface area contributed by atoms with Crippen molar-refractivity contribution in [3.05, 3.63) is 29.8 Å². The van der Waals surface area contributed by atoms with Crippen molar-refractivity contribution in [2.24, 2.45) is 5.41 Å². The van der Waals surface area contributed by atoms with Gasteiger partial charge in [-0.3, -0.25) is 9.59 Å². The van der Waals surface area contributed by atoms with Crippen molar-refractivity contribution in [1.29, 1.82) is 0 Å². The van der Waals surface area contributed by atoms with Gasteiger partial charge in [0.2, 0.25) is 11.8 Å². The first kappa shape index (κ1) is 17.9. The maximum Gasteiger partial charge on any atom is 0.224 e. The average Bonchev–Trinajstić information content (AvgIpc) is 3.08. The molecular formula is C20H28N2O3. The van der Waals surface area contributed by atoms with Gasteiger partial charge < -0.3 is 15.4 Å². The number of carbonyl (C=O) groups excluding carboxylic acids is 2. The molecule has 2 aliphatic rings. The summed E-state index contributed by atoms with van der Waals surface area (Å²) >= 11 is 0. The molecule has 0 aliphatic heterocycles. The van der Waals surface area contributed by atoms with Gasteiger partial charge in [-0.2, -0.15) is 0 Å². The zero-order chi connectivity index (χ0) is 17.9. The Labute approximate surface area is 149 Å². The summed E-state index contributed by atoms with van der Waals surface area (Å²) in [7, 11) is 0. The summed E-state index contributed by atoms with van der Waals surface area (Å²) < 4.78 is 5.90. The standard InChI is InChI=1S/C20H28N2O3/c1-3-25-18-13-17(20(18)10-4-5-11-20)22-19(24)12-15-6-8-16(9-7-15)21-14(2)23/h6-9,17-18H,3-5,10-13H2,1-2H3,(H,21,23)(H,22,24). The molecule has 2 atom stereocenters. The van der Waals surface area contributed by atoms with Gasteiger partial charge in [0.15, 0.2) is 0 Å². The molecule has 1 aromatic rings. The number of hydrogen-bond donors (Lipinski definition) is 2. The summed E-state index contributed by atoms with van der Waals surface area (Å²) in [5.74, 6) is -0.0281. The lowest BCUT2D eigenvalue weighted by molar-refractivity contribution is -0.143. The highest BCUT2D eigenvalue weighted by molar-refractivity contribution is 5.88. The highest BCUT2D eigenvalue weighted by Crippen LogP contribution is 2.54. The zero-order valence-electron chi connectivity index (χ0n) is 15.1. The van der Waals surface area contributed by atoms with E-state index in [9.17, 15) is 9.59 Å². The summed E-state index contributed by atoms with van der Waals surface area (Å²) in [5.41, 5.74) is 1.87. The maximum atomic E-state index is 12.5. The highest BCUT2D eigenvalue weighted by Gasteiger charge is 2.57. The Bertz CT molecular complexity index is 620. The fraction of sp³-hybridized carbons (Fsp3) is 0.600. The zero-order valence-corrected chi connectivity index (χ0v) is 15.1. The van der Waals surface area contributed by atoms with E-state index in [1.54, 1.807) is 0 Å². The molecule has 1 aromatic carbocycles. The van der Waals surface area contributed by atoms with Crippen LogP contribution in [0.15, 0.2) is 24.3 Å². The van der Waals surface area contributed by atoms with Crippen LogP contribution < -0.4 is 10.6 Å². The predicted molar refractivity (Wildman–Crippen MR) is 97.3 cm³/mol.